The van der Waals surface area contributed by atoms with Crippen LogP contribution in [0.3, 0.4) is 0 Å². The third-order valence-electron chi connectivity index (χ3n) is 3.57. The Morgan fingerprint density at radius 2 is 2.33 bits per heavy atom. The van der Waals surface area contributed by atoms with Crippen molar-refractivity contribution in [3.63, 3.8) is 0 Å². The summed E-state index contributed by atoms with van der Waals surface area (Å²) < 4.78 is 5.00. The van der Waals surface area contributed by atoms with Crippen molar-refractivity contribution in [3.8, 4) is 0 Å². The van der Waals surface area contributed by atoms with Crippen molar-refractivity contribution in [2.45, 2.75) is 38.8 Å². The van der Waals surface area contributed by atoms with E-state index in [0.29, 0.717) is 11.6 Å². The van der Waals surface area contributed by atoms with E-state index in [-0.39, 0.29) is 17.2 Å². The minimum atomic E-state index is -0.0273. The highest BCUT2D eigenvalue weighted by atomic mass is 35.5. The van der Waals surface area contributed by atoms with Gasteiger partial charge in [0.05, 0.1) is 11.8 Å². The number of furan rings is 1. The highest BCUT2D eigenvalue weighted by Gasteiger charge is 2.31. The molecular weight excluding hydrogens is 252 g/mol. The molecule has 2 rings (SSSR count). The molecule has 0 bridgehead atoms. The summed E-state index contributed by atoms with van der Waals surface area (Å²) in [5, 5.41) is 3.65. The fraction of sp³-hybridized carbons (Fsp3) is 0.615. The predicted molar refractivity (Wildman–Crippen MR) is 70.9 cm³/mol. The quantitative estimate of drug-likeness (QED) is 0.918. The van der Waals surface area contributed by atoms with Gasteiger partial charge < -0.3 is 14.6 Å². The van der Waals surface area contributed by atoms with Gasteiger partial charge in [-0.05, 0) is 30.5 Å². The van der Waals surface area contributed by atoms with Crippen LogP contribution in [0.15, 0.2) is 16.7 Å². The lowest BCUT2D eigenvalue weighted by molar-refractivity contribution is 0.0575. The molecule has 4 nitrogen and oxygen atoms in total. The van der Waals surface area contributed by atoms with E-state index < -0.39 is 0 Å². The minimum absolute atomic E-state index is 0.0273. The Balaban J connectivity index is 2.17. The second-order valence-corrected chi connectivity index (χ2v) is 4.98. The number of hydrogen-bond donors (Lipinski definition) is 1. The first-order chi connectivity index (χ1) is 8.67. The Morgan fingerprint density at radius 1 is 1.56 bits per heavy atom. The van der Waals surface area contributed by atoms with Crippen LogP contribution in [0.4, 0.5) is 0 Å². The zero-order valence-corrected chi connectivity index (χ0v) is 11.5. The number of amides is 1. The first-order valence-corrected chi connectivity index (χ1v) is 6.82. The first kappa shape index (κ1) is 13.4. The maximum atomic E-state index is 12.5. The van der Waals surface area contributed by atoms with Gasteiger partial charge in [0.25, 0.3) is 5.91 Å². The summed E-state index contributed by atoms with van der Waals surface area (Å²) in [5.41, 5.74) is 0.465. The second kappa shape index (κ2) is 5.76. The number of carbonyl (C=O) groups excluding carboxylic acids is 1. The number of nitrogens with zero attached hydrogens (tertiary/aromatic N) is 1. The van der Waals surface area contributed by atoms with E-state index in [1.54, 1.807) is 6.07 Å². The molecule has 1 aromatic heterocycles. The van der Waals surface area contributed by atoms with E-state index in [4.69, 9.17) is 16.0 Å². The molecule has 1 aliphatic rings. The van der Waals surface area contributed by atoms with Crippen LogP contribution < -0.4 is 5.32 Å². The molecule has 1 N–H and O–H groups in total. The van der Waals surface area contributed by atoms with E-state index >= 15 is 0 Å². The molecule has 2 heterocycles. The highest BCUT2D eigenvalue weighted by molar-refractivity contribution is 6.32. The zero-order chi connectivity index (χ0) is 13.1. The maximum absolute atomic E-state index is 12.5. The van der Waals surface area contributed by atoms with Crippen molar-refractivity contribution in [3.05, 3.63) is 23.1 Å². The van der Waals surface area contributed by atoms with E-state index in [9.17, 15) is 4.79 Å². The molecule has 1 amide bonds. The van der Waals surface area contributed by atoms with Gasteiger partial charge in [-0.15, -0.1) is 0 Å². The molecule has 1 fully saturated rings. The smallest absolute Gasteiger partial charge is 0.259 e. The van der Waals surface area contributed by atoms with Gasteiger partial charge in [0.2, 0.25) is 5.22 Å². The largest absolute Gasteiger partial charge is 0.452 e. The molecule has 2 atom stereocenters. The Hall–Kier alpha value is -1.00. The van der Waals surface area contributed by atoms with E-state index in [1.807, 2.05) is 4.90 Å². The van der Waals surface area contributed by atoms with Gasteiger partial charge in [0.1, 0.15) is 0 Å². The van der Waals surface area contributed by atoms with Crippen LogP contribution in [0.2, 0.25) is 5.22 Å². The van der Waals surface area contributed by atoms with Gasteiger partial charge in [0, 0.05) is 25.2 Å². The van der Waals surface area contributed by atoms with Crippen LogP contribution in [-0.4, -0.2) is 36.0 Å². The average Bonchev–Trinajstić information content (AvgIpc) is 2.83. The van der Waals surface area contributed by atoms with E-state index in [1.165, 1.54) is 6.26 Å². The van der Waals surface area contributed by atoms with E-state index in [0.717, 1.165) is 25.9 Å². The summed E-state index contributed by atoms with van der Waals surface area (Å²) in [7, 11) is 0. The van der Waals surface area contributed by atoms with E-state index in [2.05, 4.69) is 19.2 Å². The lowest BCUT2D eigenvalue weighted by Gasteiger charge is -2.39. The number of piperazine rings is 1. The third kappa shape index (κ3) is 2.54. The van der Waals surface area contributed by atoms with Crippen LogP contribution in [0, 0.1) is 0 Å². The van der Waals surface area contributed by atoms with Gasteiger partial charge >= 0.3 is 0 Å². The van der Waals surface area contributed by atoms with Crippen LogP contribution in [-0.2, 0) is 0 Å². The Morgan fingerprint density at radius 3 is 2.89 bits per heavy atom. The first-order valence-electron chi connectivity index (χ1n) is 6.44. The van der Waals surface area contributed by atoms with Crippen molar-refractivity contribution >= 4 is 17.5 Å². The van der Waals surface area contributed by atoms with Gasteiger partial charge in [0.15, 0.2) is 0 Å². The molecule has 0 spiro atoms. The monoisotopic (exact) mass is 270 g/mol. The molecule has 100 valence electrons. The Bertz CT molecular complexity index is 419. The summed E-state index contributed by atoms with van der Waals surface area (Å²) in [4.78, 5) is 14.4. The van der Waals surface area contributed by atoms with Gasteiger partial charge in [-0.25, -0.2) is 0 Å². The molecule has 0 saturated carbocycles. The molecule has 1 aromatic rings. The summed E-state index contributed by atoms with van der Waals surface area (Å²) in [6.45, 7) is 5.79. The fourth-order valence-corrected chi connectivity index (χ4v) is 2.55. The summed E-state index contributed by atoms with van der Waals surface area (Å²) in [6.07, 6.45) is 3.40. The average molecular weight is 271 g/mol. The number of rotatable bonds is 3. The predicted octanol–water partition coefficient (Wildman–Crippen LogP) is 2.54. The third-order valence-corrected chi connectivity index (χ3v) is 3.87. The molecule has 1 aliphatic heterocycles. The van der Waals surface area contributed by atoms with Crippen LogP contribution in [0.1, 0.15) is 37.0 Å². The lowest BCUT2D eigenvalue weighted by Crippen LogP contribution is -2.57. The molecule has 0 aliphatic carbocycles. The molecule has 5 heteroatoms. The van der Waals surface area contributed by atoms with Crippen molar-refractivity contribution < 1.29 is 9.21 Å². The summed E-state index contributed by atoms with van der Waals surface area (Å²) in [6, 6.07) is 2.23. The fourth-order valence-electron chi connectivity index (χ4n) is 2.35. The van der Waals surface area contributed by atoms with Crippen molar-refractivity contribution in [2.75, 3.05) is 13.1 Å². The standard InChI is InChI=1S/C13H19ClN2O2/c1-3-9-8-16(10(4-2)7-15-9)13(17)11-5-6-18-12(11)14/h5-6,9-10,15H,3-4,7-8H2,1-2H3. The number of carbonyl (C=O) groups is 1. The summed E-state index contributed by atoms with van der Waals surface area (Å²) in [5.74, 6) is -0.0273. The minimum Gasteiger partial charge on any atom is -0.452 e. The molecule has 18 heavy (non-hydrogen) atoms. The number of halogens is 1. The summed E-state index contributed by atoms with van der Waals surface area (Å²) >= 11 is 5.89. The maximum Gasteiger partial charge on any atom is 0.259 e. The van der Waals surface area contributed by atoms with Crippen molar-refractivity contribution in [2.24, 2.45) is 0 Å². The van der Waals surface area contributed by atoms with Gasteiger partial charge in [-0.2, -0.15) is 0 Å². The molecule has 0 radical (unpaired) electrons. The van der Waals surface area contributed by atoms with Crippen LogP contribution >= 0.6 is 11.6 Å². The van der Waals surface area contributed by atoms with Gasteiger partial charge in [-0.1, -0.05) is 13.8 Å². The van der Waals surface area contributed by atoms with Crippen molar-refractivity contribution in [1.29, 1.82) is 0 Å². The second-order valence-electron chi connectivity index (χ2n) is 4.64. The molecule has 2 unspecified atom stereocenters. The zero-order valence-electron chi connectivity index (χ0n) is 10.8. The highest BCUT2D eigenvalue weighted by Crippen LogP contribution is 2.22. The topological polar surface area (TPSA) is 45.5 Å². The SMILES string of the molecule is CCC1CN(C(=O)c2ccoc2Cl)C(CC)CN1. The normalized spacial score (nSPS) is 24.3. The lowest BCUT2D eigenvalue weighted by atomic mass is 10.0. The molecule has 1 saturated heterocycles. The van der Waals surface area contributed by atoms with Gasteiger partial charge in [-0.3, -0.25) is 4.79 Å². The Kier molecular flexibility index (Phi) is 4.30. The number of nitrogens with one attached hydrogen (secondary N) is 1. The molecular formula is C13H19ClN2O2. The Labute approximate surface area is 112 Å². The molecule has 0 aromatic carbocycles. The number of hydrogen-bond acceptors (Lipinski definition) is 3. The van der Waals surface area contributed by atoms with Crippen LogP contribution in [0.25, 0.3) is 0 Å². The van der Waals surface area contributed by atoms with Crippen molar-refractivity contribution in [1.82, 2.24) is 10.2 Å². The van der Waals surface area contributed by atoms with Crippen LogP contribution in [0.5, 0.6) is 0 Å².